The molecule has 1 unspecified atom stereocenters. The van der Waals surface area contributed by atoms with Gasteiger partial charge in [0.15, 0.2) is 17.6 Å². The zero-order valence-corrected chi connectivity index (χ0v) is 20.2. The largest absolute Gasteiger partial charge is 0.494 e. The molecule has 198 valence electrons. The van der Waals surface area contributed by atoms with Gasteiger partial charge in [0, 0.05) is 6.07 Å². The number of benzene rings is 3. The van der Waals surface area contributed by atoms with Crippen LogP contribution >= 0.6 is 0 Å². The maximum atomic E-state index is 13.9. The molecule has 4 rings (SSSR count). The molecule has 6 nitrogen and oxygen atoms in total. The number of carbonyl (C=O) groups is 2. The molecule has 0 saturated heterocycles. The molecule has 0 spiro atoms. The van der Waals surface area contributed by atoms with Gasteiger partial charge in [-0.1, -0.05) is 12.1 Å². The molecule has 1 heterocycles. The van der Waals surface area contributed by atoms with E-state index in [1.165, 1.54) is 18.2 Å². The van der Waals surface area contributed by atoms with Crippen LogP contribution in [-0.4, -0.2) is 24.5 Å². The van der Waals surface area contributed by atoms with Gasteiger partial charge in [-0.05, 0) is 56.2 Å². The Kier molecular flexibility index (Phi) is 7.38. The first kappa shape index (κ1) is 26.6. The second-order valence-corrected chi connectivity index (χ2v) is 8.14. The van der Waals surface area contributed by atoms with Crippen molar-refractivity contribution < 1.29 is 50.5 Å². The number of rotatable bonds is 7. The lowest BCUT2D eigenvalue weighted by Crippen LogP contribution is -2.29. The fourth-order valence-electron chi connectivity index (χ4n) is 3.63. The van der Waals surface area contributed by atoms with Gasteiger partial charge in [-0.3, -0.25) is 4.79 Å². The monoisotopic (exact) mass is 534 g/mol. The fourth-order valence-corrected chi connectivity index (χ4v) is 3.63. The molecule has 0 bridgehead atoms. The Bertz CT molecular complexity index is 1440. The Morgan fingerprint density at radius 1 is 0.947 bits per heavy atom. The summed E-state index contributed by atoms with van der Waals surface area (Å²) in [4.78, 5) is 25.3. The van der Waals surface area contributed by atoms with E-state index >= 15 is 0 Å². The normalized spacial score (nSPS) is 14.2. The van der Waals surface area contributed by atoms with Crippen molar-refractivity contribution in [1.29, 1.82) is 0 Å². The number of esters is 1. The molecule has 0 saturated carbocycles. The average molecular weight is 534 g/mol. The maximum absolute atomic E-state index is 13.9. The molecule has 1 aliphatic heterocycles. The number of carbonyl (C=O) groups excluding carboxylic acids is 2. The van der Waals surface area contributed by atoms with Gasteiger partial charge in [-0.25, -0.2) is 18.0 Å². The van der Waals surface area contributed by atoms with Crippen LogP contribution in [0.1, 0.15) is 35.3 Å². The summed E-state index contributed by atoms with van der Waals surface area (Å²) >= 11 is 0. The minimum Gasteiger partial charge on any atom is -0.494 e. The first-order valence-corrected chi connectivity index (χ1v) is 11.2. The van der Waals surface area contributed by atoms with Crippen molar-refractivity contribution in [2.75, 3.05) is 6.61 Å². The Hall–Kier alpha value is -4.41. The van der Waals surface area contributed by atoms with E-state index in [2.05, 4.69) is 0 Å². The number of hydrogen-bond acceptors (Lipinski definition) is 6. The number of ether oxygens (including phenoxy) is 4. The smallest absolute Gasteiger partial charge is 0.352 e. The highest BCUT2D eigenvalue weighted by molar-refractivity contribution is 6.15. The summed E-state index contributed by atoms with van der Waals surface area (Å²) < 4.78 is 88.7. The van der Waals surface area contributed by atoms with Crippen molar-refractivity contribution in [2.45, 2.75) is 26.9 Å². The third-order valence-electron chi connectivity index (χ3n) is 5.45. The predicted octanol–water partition coefficient (Wildman–Crippen LogP) is 6.08. The number of Topliss-reactive ketones (excluding diaryl/α,β-unsaturated/α-hetero) is 1. The van der Waals surface area contributed by atoms with Crippen molar-refractivity contribution >= 4 is 17.8 Å². The van der Waals surface area contributed by atoms with E-state index < -0.39 is 52.7 Å². The predicted molar refractivity (Wildman–Crippen MR) is 124 cm³/mol. The lowest BCUT2D eigenvalue weighted by atomic mass is 10.0. The van der Waals surface area contributed by atoms with Crippen LogP contribution in [0, 0.1) is 36.0 Å². The Labute approximate surface area is 213 Å². The van der Waals surface area contributed by atoms with Gasteiger partial charge in [-0.15, -0.1) is 0 Å². The van der Waals surface area contributed by atoms with Crippen LogP contribution in [-0.2, 0) is 4.79 Å². The third-order valence-corrected chi connectivity index (χ3v) is 5.45. The van der Waals surface area contributed by atoms with E-state index in [4.69, 9.17) is 18.9 Å². The summed E-state index contributed by atoms with van der Waals surface area (Å²) in [6.07, 6.45) is -0.238. The van der Waals surface area contributed by atoms with Crippen LogP contribution < -0.4 is 18.9 Å². The second-order valence-electron chi connectivity index (χ2n) is 8.14. The van der Waals surface area contributed by atoms with E-state index in [0.29, 0.717) is 23.5 Å². The Morgan fingerprint density at radius 3 is 2.16 bits per heavy atom. The molecule has 0 radical (unpaired) electrons. The molecule has 1 atom stereocenters. The first-order chi connectivity index (χ1) is 18.0. The van der Waals surface area contributed by atoms with Crippen LogP contribution in [0.5, 0.6) is 23.0 Å². The SMILES string of the molecule is CCOc1ccc(/C=C2\Oc3cc(OC(=O)C(C)Oc4c(F)c(F)c(F)c(F)c4F)cc(C)c3C2=O)cc1. The molecule has 0 aliphatic carbocycles. The molecule has 38 heavy (non-hydrogen) atoms. The van der Waals surface area contributed by atoms with E-state index in [-0.39, 0.29) is 22.8 Å². The highest BCUT2D eigenvalue weighted by Crippen LogP contribution is 2.38. The van der Waals surface area contributed by atoms with E-state index in [1.807, 2.05) is 6.92 Å². The standard InChI is InChI=1S/C27H19F5O6/c1-4-35-15-7-5-14(6-8-15)10-18-25(33)19-12(2)9-16(11-17(19)38-18)37-27(34)13(3)36-26-23(31)21(29)20(28)22(30)24(26)32/h5-11,13H,4H2,1-3H3/b18-10-. The minimum atomic E-state index is -2.36. The zero-order chi connectivity index (χ0) is 27.7. The summed E-state index contributed by atoms with van der Waals surface area (Å²) in [6, 6.07) is 9.56. The van der Waals surface area contributed by atoms with E-state index in [1.54, 1.807) is 31.2 Å². The number of fused-ring (bicyclic) bond motifs is 1. The average Bonchev–Trinajstić information content (AvgIpc) is 3.20. The van der Waals surface area contributed by atoms with Crippen LogP contribution in [0.15, 0.2) is 42.2 Å². The summed E-state index contributed by atoms with van der Waals surface area (Å²) in [5.41, 5.74) is 1.32. The van der Waals surface area contributed by atoms with E-state index in [0.717, 1.165) is 6.92 Å². The lowest BCUT2D eigenvalue weighted by Gasteiger charge is -2.16. The van der Waals surface area contributed by atoms with Gasteiger partial charge < -0.3 is 18.9 Å². The molecule has 0 amide bonds. The van der Waals surface area contributed by atoms with Crippen LogP contribution in [0.25, 0.3) is 6.08 Å². The van der Waals surface area contributed by atoms with Gasteiger partial charge in [0.2, 0.25) is 34.9 Å². The van der Waals surface area contributed by atoms with Crippen molar-refractivity contribution in [3.05, 3.63) is 87.9 Å². The highest BCUT2D eigenvalue weighted by atomic mass is 19.2. The Morgan fingerprint density at radius 2 is 1.55 bits per heavy atom. The quantitative estimate of drug-likeness (QED) is 0.0914. The highest BCUT2D eigenvalue weighted by Gasteiger charge is 2.32. The molecular formula is C27H19F5O6. The summed E-state index contributed by atoms with van der Waals surface area (Å²) in [5.74, 6) is -13.8. The molecule has 0 N–H and O–H groups in total. The third kappa shape index (κ3) is 5.04. The second kappa shape index (κ2) is 10.5. The van der Waals surface area contributed by atoms with Crippen molar-refractivity contribution in [3.8, 4) is 23.0 Å². The molecule has 11 heteroatoms. The van der Waals surface area contributed by atoms with Gasteiger partial charge in [-0.2, -0.15) is 8.78 Å². The first-order valence-electron chi connectivity index (χ1n) is 11.2. The van der Waals surface area contributed by atoms with Crippen LogP contribution in [0.2, 0.25) is 0 Å². The molecule has 1 aliphatic rings. The number of hydrogen-bond donors (Lipinski definition) is 0. The number of ketones is 1. The number of halogens is 5. The van der Waals surface area contributed by atoms with Gasteiger partial charge in [0.05, 0.1) is 12.2 Å². The number of aryl methyl sites for hydroxylation is 1. The number of allylic oxidation sites excluding steroid dienone is 1. The van der Waals surface area contributed by atoms with Crippen molar-refractivity contribution in [2.24, 2.45) is 0 Å². The summed E-state index contributed by atoms with van der Waals surface area (Å²) in [6.45, 7) is 4.93. The van der Waals surface area contributed by atoms with Gasteiger partial charge in [0.25, 0.3) is 0 Å². The summed E-state index contributed by atoms with van der Waals surface area (Å²) in [5, 5.41) is 0. The molecule has 0 fully saturated rings. The fraction of sp³-hybridized carbons (Fsp3) is 0.185. The lowest BCUT2D eigenvalue weighted by molar-refractivity contribution is -0.141. The van der Waals surface area contributed by atoms with Gasteiger partial charge >= 0.3 is 5.97 Å². The molecule has 3 aromatic carbocycles. The maximum Gasteiger partial charge on any atom is 0.352 e. The zero-order valence-electron chi connectivity index (χ0n) is 20.2. The van der Waals surface area contributed by atoms with Gasteiger partial charge in [0.1, 0.15) is 17.2 Å². The topological polar surface area (TPSA) is 71.1 Å². The minimum absolute atomic E-state index is 0.0266. The molecular weight excluding hydrogens is 515 g/mol. The van der Waals surface area contributed by atoms with Crippen LogP contribution in [0.4, 0.5) is 22.0 Å². The Balaban J connectivity index is 1.51. The van der Waals surface area contributed by atoms with E-state index in [9.17, 15) is 31.5 Å². The molecule has 0 aromatic heterocycles. The van der Waals surface area contributed by atoms with Crippen molar-refractivity contribution in [1.82, 2.24) is 0 Å². The van der Waals surface area contributed by atoms with Crippen LogP contribution in [0.3, 0.4) is 0 Å². The summed E-state index contributed by atoms with van der Waals surface area (Å²) in [7, 11) is 0. The molecule has 3 aromatic rings. The van der Waals surface area contributed by atoms with Crippen molar-refractivity contribution in [3.63, 3.8) is 0 Å².